The SMILES string of the molecule is COC(=O)C1C2CCC1CN(c1nc(-c3cc(C)ccc3OCc3ccc(C(=O)N4CCCCC4)cc3C)cs1)C2. The number of carbonyl (C=O) groups is 2. The third-order valence-corrected chi connectivity index (χ3v) is 10.00. The summed E-state index contributed by atoms with van der Waals surface area (Å²) in [6.45, 7) is 7.94. The maximum atomic E-state index is 13.0. The summed E-state index contributed by atoms with van der Waals surface area (Å²) < 4.78 is 11.5. The highest BCUT2D eigenvalue weighted by atomic mass is 32.1. The average molecular weight is 574 g/mol. The summed E-state index contributed by atoms with van der Waals surface area (Å²) in [4.78, 5) is 34.7. The van der Waals surface area contributed by atoms with Crippen LogP contribution in [0.25, 0.3) is 11.3 Å². The van der Waals surface area contributed by atoms with Gasteiger partial charge in [-0.2, -0.15) is 0 Å². The van der Waals surface area contributed by atoms with Crippen LogP contribution in [0.1, 0.15) is 59.2 Å². The molecule has 2 saturated heterocycles. The molecule has 1 aliphatic carbocycles. The summed E-state index contributed by atoms with van der Waals surface area (Å²) in [5.74, 6) is 1.55. The number of thiazole rings is 1. The summed E-state index contributed by atoms with van der Waals surface area (Å²) in [6.07, 6.45) is 5.53. The van der Waals surface area contributed by atoms with Gasteiger partial charge in [0, 0.05) is 42.7 Å². The van der Waals surface area contributed by atoms with Gasteiger partial charge in [-0.1, -0.05) is 17.7 Å². The fraction of sp³-hybridized carbons (Fsp3) is 0.485. The van der Waals surface area contributed by atoms with Crippen LogP contribution < -0.4 is 9.64 Å². The van der Waals surface area contributed by atoms with E-state index in [9.17, 15) is 9.59 Å². The van der Waals surface area contributed by atoms with E-state index in [2.05, 4.69) is 29.3 Å². The van der Waals surface area contributed by atoms with Gasteiger partial charge >= 0.3 is 5.97 Å². The van der Waals surface area contributed by atoms with Crippen LogP contribution in [-0.2, 0) is 16.1 Å². The van der Waals surface area contributed by atoms with Gasteiger partial charge in [-0.05, 0) is 93.2 Å². The maximum Gasteiger partial charge on any atom is 0.309 e. The molecular weight excluding hydrogens is 534 g/mol. The minimum atomic E-state index is -0.0583. The Kier molecular flexibility index (Phi) is 8.02. The molecule has 2 atom stereocenters. The monoisotopic (exact) mass is 573 g/mol. The molecule has 3 heterocycles. The van der Waals surface area contributed by atoms with Crippen molar-refractivity contribution >= 4 is 28.3 Å². The van der Waals surface area contributed by atoms with Gasteiger partial charge < -0.3 is 19.3 Å². The van der Waals surface area contributed by atoms with Crippen molar-refractivity contribution in [2.75, 3.05) is 38.2 Å². The largest absolute Gasteiger partial charge is 0.488 e. The molecule has 0 radical (unpaired) electrons. The van der Waals surface area contributed by atoms with Gasteiger partial charge in [0.05, 0.1) is 18.7 Å². The quantitative estimate of drug-likeness (QED) is 0.311. The number of fused-ring (bicyclic) bond motifs is 2. The van der Waals surface area contributed by atoms with Crippen LogP contribution in [0.15, 0.2) is 41.8 Å². The number of amides is 1. The third-order valence-electron chi connectivity index (χ3n) is 9.10. The van der Waals surface area contributed by atoms with Crippen LogP contribution in [0.4, 0.5) is 5.13 Å². The van der Waals surface area contributed by atoms with E-state index in [0.717, 1.165) is 96.3 Å². The highest BCUT2D eigenvalue weighted by molar-refractivity contribution is 7.14. The van der Waals surface area contributed by atoms with Gasteiger partial charge in [-0.25, -0.2) is 4.98 Å². The highest BCUT2D eigenvalue weighted by Gasteiger charge is 2.47. The molecule has 2 aliphatic heterocycles. The number of aryl methyl sites for hydroxylation is 2. The number of likely N-dealkylation sites (tertiary alicyclic amines) is 1. The number of methoxy groups -OCH3 is 1. The molecule has 1 aromatic heterocycles. The van der Waals surface area contributed by atoms with Crippen molar-refractivity contribution in [1.29, 1.82) is 0 Å². The average Bonchev–Trinajstić information content (AvgIpc) is 3.59. The minimum Gasteiger partial charge on any atom is -0.488 e. The normalized spacial score (nSPS) is 22.1. The Morgan fingerprint density at radius 3 is 2.46 bits per heavy atom. The van der Waals surface area contributed by atoms with Crippen molar-refractivity contribution in [3.05, 3.63) is 64.0 Å². The molecule has 6 rings (SSSR count). The molecule has 2 bridgehead atoms. The van der Waals surface area contributed by atoms with E-state index in [1.54, 1.807) is 11.3 Å². The zero-order valence-electron chi connectivity index (χ0n) is 24.2. The van der Waals surface area contributed by atoms with Gasteiger partial charge in [0.2, 0.25) is 0 Å². The molecule has 0 N–H and O–H groups in total. The Balaban J connectivity index is 1.15. The highest BCUT2D eigenvalue weighted by Crippen LogP contribution is 2.45. The number of benzene rings is 2. The fourth-order valence-corrected chi connectivity index (χ4v) is 7.67. The summed E-state index contributed by atoms with van der Waals surface area (Å²) in [5.41, 5.74) is 5.91. The molecule has 8 heteroatoms. The Labute approximate surface area is 246 Å². The fourth-order valence-electron chi connectivity index (χ4n) is 6.83. The lowest BCUT2D eigenvalue weighted by atomic mass is 9.85. The third kappa shape index (κ3) is 5.71. The zero-order valence-corrected chi connectivity index (χ0v) is 25.0. The summed E-state index contributed by atoms with van der Waals surface area (Å²) >= 11 is 1.65. The second-order valence-corrected chi connectivity index (χ2v) is 12.7. The number of hydrogen-bond donors (Lipinski definition) is 0. The maximum absolute atomic E-state index is 13.0. The van der Waals surface area contributed by atoms with Crippen LogP contribution in [-0.4, -0.2) is 55.0 Å². The van der Waals surface area contributed by atoms with E-state index in [-0.39, 0.29) is 17.8 Å². The minimum absolute atomic E-state index is 0.0212. The first kappa shape index (κ1) is 27.8. The summed E-state index contributed by atoms with van der Waals surface area (Å²) in [7, 11) is 1.50. The van der Waals surface area contributed by atoms with Crippen molar-refractivity contribution in [3.63, 3.8) is 0 Å². The lowest BCUT2D eigenvalue weighted by molar-refractivity contribution is -0.148. The number of carbonyl (C=O) groups excluding carboxylic acids is 2. The van der Waals surface area contributed by atoms with Crippen molar-refractivity contribution < 1.29 is 19.1 Å². The van der Waals surface area contributed by atoms with Crippen molar-refractivity contribution in [2.45, 2.75) is 52.6 Å². The van der Waals surface area contributed by atoms with Gasteiger partial charge in [0.15, 0.2) is 5.13 Å². The number of esters is 1. The Morgan fingerprint density at radius 2 is 1.76 bits per heavy atom. The van der Waals surface area contributed by atoms with Gasteiger partial charge in [-0.15, -0.1) is 11.3 Å². The lowest BCUT2D eigenvalue weighted by Crippen LogP contribution is -2.45. The molecule has 41 heavy (non-hydrogen) atoms. The van der Waals surface area contributed by atoms with Crippen LogP contribution >= 0.6 is 11.3 Å². The number of rotatable bonds is 7. The molecule has 1 amide bonds. The lowest BCUT2D eigenvalue weighted by Gasteiger charge is -2.36. The van der Waals surface area contributed by atoms with E-state index in [1.165, 1.54) is 13.5 Å². The van der Waals surface area contributed by atoms with Crippen molar-refractivity contribution in [2.24, 2.45) is 17.8 Å². The van der Waals surface area contributed by atoms with Crippen LogP contribution in [0.2, 0.25) is 0 Å². The molecule has 3 aromatic rings. The predicted octanol–water partition coefficient (Wildman–Crippen LogP) is 6.27. The molecule has 3 fully saturated rings. The number of piperidine rings is 2. The first-order chi connectivity index (χ1) is 19.9. The molecular formula is C33H39N3O4S. The van der Waals surface area contributed by atoms with Gasteiger partial charge in [-0.3, -0.25) is 9.59 Å². The van der Waals surface area contributed by atoms with Gasteiger partial charge in [0.1, 0.15) is 12.4 Å². The first-order valence-electron chi connectivity index (χ1n) is 14.8. The summed E-state index contributed by atoms with van der Waals surface area (Å²) in [6, 6.07) is 12.2. The van der Waals surface area contributed by atoms with E-state index in [1.807, 2.05) is 36.1 Å². The van der Waals surface area contributed by atoms with Crippen LogP contribution in [0, 0.1) is 31.6 Å². The van der Waals surface area contributed by atoms with E-state index in [0.29, 0.717) is 18.4 Å². The second kappa shape index (κ2) is 11.8. The number of hydrogen-bond acceptors (Lipinski definition) is 7. The summed E-state index contributed by atoms with van der Waals surface area (Å²) in [5, 5.41) is 3.11. The second-order valence-electron chi connectivity index (χ2n) is 11.8. The smallest absolute Gasteiger partial charge is 0.309 e. The Morgan fingerprint density at radius 1 is 1.00 bits per heavy atom. The number of anilines is 1. The van der Waals surface area contributed by atoms with E-state index in [4.69, 9.17) is 14.5 Å². The topological polar surface area (TPSA) is 72.0 Å². The van der Waals surface area contributed by atoms with Gasteiger partial charge in [0.25, 0.3) is 5.91 Å². The van der Waals surface area contributed by atoms with E-state index >= 15 is 0 Å². The van der Waals surface area contributed by atoms with Crippen LogP contribution in [0.5, 0.6) is 5.75 Å². The molecule has 1 saturated carbocycles. The standard InChI is InChI=1S/C33H39N3O4S/c1-21-7-12-29(40-19-26-11-8-23(16-22(26)2)31(37)35-13-5-4-6-14-35)27(15-21)28-20-41-33(34-28)36-17-24-9-10-25(18-36)30(24)32(38)39-3/h7-8,11-12,15-16,20,24-25,30H,4-6,9-10,13-14,17-19H2,1-3H3. The molecule has 3 aliphatic rings. The number of nitrogens with zero attached hydrogens (tertiary/aromatic N) is 3. The molecule has 0 spiro atoms. The first-order valence-corrected chi connectivity index (χ1v) is 15.7. The van der Waals surface area contributed by atoms with E-state index < -0.39 is 0 Å². The zero-order chi connectivity index (χ0) is 28.5. The number of ether oxygens (including phenoxy) is 2. The van der Waals surface area contributed by atoms with Crippen molar-refractivity contribution in [3.8, 4) is 17.0 Å². The predicted molar refractivity (Wildman–Crippen MR) is 161 cm³/mol. The molecule has 2 unspecified atom stereocenters. The van der Waals surface area contributed by atoms with Crippen molar-refractivity contribution in [1.82, 2.24) is 9.88 Å². The number of aromatic nitrogens is 1. The molecule has 2 aromatic carbocycles. The van der Waals surface area contributed by atoms with Crippen LogP contribution in [0.3, 0.4) is 0 Å². The molecule has 216 valence electrons. The molecule has 7 nitrogen and oxygen atoms in total. The Hall–Kier alpha value is -3.39. The Bertz CT molecular complexity index is 1420.